The minimum absolute atomic E-state index is 0.171. The summed E-state index contributed by atoms with van der Waals surface area (Å²) in [5.41, 5.74) is 2.32. The monoisotopic (exact) mass is 278 g/mol. The Morgan fingerprint density at radius 3 is 2.71 bits per heavy atom. The minimum atomic E-state index is -0.188. The summed E-state index contributed by atoms with van der Waals surface area (Å²) in [6.07, 6.45) is 3.12. The Kier molecular flexibility index (Phi) is 3.32. The lowest BCUT2D eigenvalue weighted by Gasteiger charge is -1.95. The summed E-state index contributed by atoms with van der Waals surface area (Å²) in [5.74, 6) is 0.337. The number of aromatic hydroxyl groups is 1. The van der Waals surface area contributed by atoms with Gasteiger partial charge in [-0.15, -0.1) is 0 Å². The Morgan fingerprint density at radius 2 is 1.95 bits per heavy atom. The van der Waals surface area contributed by atoms with Crippen molar-refractivity contribution in [3.8, 4) is 5.75 Å². The van der Waals surface area contributed by atoms with Crippen LogP contribution in [0.2, 0.25) is 0 Å². The van der Waals surface area contributed by atoms with Gasteiger partial charge < -0.3 is 9.52 Å². The largest absolute Gasteiger partial charge is 0.508 e. The zero-order chi connectivity index (χ0) is 14.8. The molecule has 3 heteroatoms. The Labute approximate surface area is 122 Å². The maximum atomic E-state index is 12.3. The number of para-hydroxylation sites is 1. The second-order valence-corrected chi connectivity index (χ2v) is 4.84. The molecule has 0 radical (unpaired) electrons. The van der Waals surface area contributed by atoms with Gasteiger partial charge in [0.15, 0.2) is 5.76 Å². The summed E-state index contributed by atoms with van der Waals surface area (Å²) >= 11 is 0. The number of allylic oxidation sites excluding steroid dienone is 1. The summed E-state index contributed by atoms with van der Waals surface area (Å²) in [5, 5.41) is 10.3. The van der Waals surface area contributed by atoms with E-state index in [0.717, 1.165) is 16.5 Å². The molecular formula is C18H14O3. The van der Waals surface area contributed by atoms with Crippen LogP contribution in [-0.2, 0) is 0 Å². The summed E-state index contributed by atoms with van der Waals surface area (Å²) in [7, 11) is 0. The number of aryl methyl sites for hydroxylation is 1. The lowest BCUT2D eigenvalue weighted by atomic mass is 10.1. The molecule has 0 saturated carbocycles. The predicted octanol–water partition coefficient (Wildman–Crippen LogP) is 4.34. The van der Waals surface area contributed by atoms with Gasteiger partial charge in [0.1, 0.15) is 11.3 Å². The van der Waals surface area contributed by atoms with Crippen LogP contribution in [-0.4, -0.2) is 10.9 Å². The Balaban J connectivity index is 1.92. The molecule has 0 aliphatic rings. The average Bonchev–Trinajstić information content (AvgIpc) is 2.83. The number of benzene rings is 2. The van der Waals surface area contributed by atoms with Gasteiger partial charge in [0.05, 0.1) is 0 Å². The van der Waals surface area contributed by atoms with E-state index in [1.54, 1.807) is 24.3 Å². The molecule has 3 aromatic rings. The normalized spacial score (nSPS) is 11.3. The molecule has 3 rings (SSSR count). The fourth-order valence-corrected chi connectivity index (χ4v) is 2.29. The molecule has 0 atom stereocenters. The van der Waals surface area contributed by atoms with E-state index >= 15 is 0 Å². The number of furan rings is 1. The molecule has 104 valence electrons. The van der Waals surface area contributed by atoms with Crippen LogP contribution >= 0.6 is 0 Å². The highest BCUT2D eigenvalue weighted by Crippen LogP contribution is 2.25. The highest BCUT2D eigenvalue weighted by molar-refractivity contribution is 6.08. The van der Waals surface area contributed by atoms with Gasteiger partial charge in [0.2, 0.25) is 5.78 Å². The van der Waals surface area contributed by atoms with Gasteiger partial charge in [0.25, 0.3) is 0 Å². The van der Waals surface area contributed by atoms with Crippen molar-refractivity contribution in [2.45, 2.75) is 6.92 Å². The van der Waals surface area contributed by atoms with Gasteiger partial charge in [-0.25, -0.2) is 0 Å². The van der Waals surface area contributed by atoms with Crippen molar-refractivity contribution in [3.05, 3.63) is 71.5 Å². The molecule has 0 spiro atoms. The number of carbonyl (C=O) groups excluding carboxylic acids is 1. The fourth-order valence-electron chi connectivity index (χ4n) is 2.29. The molecule has 1 aromatic heterocycles. The number of hydrogen-bond donors (Lipinski definition) is 1. The van der Waals surface area contributed by atoms with Gasteiger partial charge in [-0.3, -0.25) is 4.79 Å². The van der Waals surface area contributed by atoms with Crippen LogP contribution in [0.1, 0.15) is 21.7 Å². The number of carbonyl (C=O) groups is 1. The predicted molar refractivity (Wildman–Crippen MR) is 82.4 cm³/mol. The molecule has 21 heavy (non-hydrogen) atoms. The topological polar surface area (TPSA) is 50.4 Å². The molecule has 0 aliphatic carbocycles. The third-order valence-electron chi connectivity index (χ3n) is 3.36. The SMILES string of the molecule is Cc1c(C(=O)/C=C/c2cccc(O)c2)oc2ccccc12. The van der Waals surface area contributed by atoms with Crippen LogP contribution in [0.5, 0.6) is 5.75 Å². The molecule has 0 amide bonds. The number of phenolic OH excluding ortho intramolecular Hbond substituents is 1. The summed E-state index contributed by atoms with van der Waals surface area (Å²) in [6, 6.07) is 14.3. The summed E-state index contributed by atoms with van der Waals surface area (Å²) < 4.78 is 5.62. The molecule has 0 bridgehead atoms. The highest BCUT2D eigenvalue weighted by Gasteiger charge is 2.14. The van der Waals surface area contributed by atoms with Crippen LogP contribution < -0.4 is 0 Å². The number of ketones is 1. The van der Waals surface area contributed by atoms with Gasteiger partial charge in [-0.1, -0.05) is 36.4 Å². The molecule has 0 fully saturated rings. The Morgan fingerprint density at radius 1 is 1.14 bits per heavy atom. The quantitative estimate of drug-likeness (QED) is 0.572. The second-order valence-electron chi connectivity index (χ2n) is 4.84. The zero-order valence-electron chi connectivity index (χ0n) is 11.5. The highest BCUT2D eigenvalue weighted by atomic mass is 16.3. The van der Waals surface area contributed by atoms with Crippen LogP contribution in [0.4, 0.5) is 0 Å². The van der Waals surface area contributed by atoms with E-state index in [9.17, 15) is 9.90 Å². The van der Waals surface area contributed by atoms with Crippen molar-refractivity contribution in [2.24, 2.45) is 0 Å². The zero-order valence-corrected chi connectivity index (χ0v) is 11.5. The molecule has 0 saturated heterocycles. The van der Waals surface area contributed by atoms with Crippen LogP contribution in [0.3, 0.4) is 0 Å². The first-order valence-corrected chi connectivity index (χ1v) is 6.65. The van der Waals surface area contributed by atoms with Crippen LogP contribution in [0.25, 0.3) is 17.0 Å². The third kappa shape index (κ3) is 2.58. The van der Waals surface area contributed by atoms with E-state index in [4.69, 9.17) is 4.42 Å². The number of fused-ring (bicyclic) bond motifs is 1. The Hall–Kier alpha value is -2.81. The van der Waals surface area contributed by atoms with E-state index in [0.29, 0.717) is 11.3 Å². The first-order chi connectivity index (χ1) is 10.1. The van der Waals surface area contributed by atoms with Crippen molar-refractivity contribution < 1.29 is 14.3 Å². The lowest BCUT2D eigenvalue weighted by Crippen LogP contribution is -1.93. The number of hydrogen-bond acceptors (Lipinski definition) is 3. The standard InChI is InChI=1S/C18H14O3/c1-12-15-7-2-3-8-17(15)21-18(12)16(20)10-9-13-5-4-6-14(19)11-13/h2-11,19H,1H3/b10-9+. The van der Waals surface area contributed by atoms with Crippen molar-refractivity contribution in [1.82, 2.24) is 0 Å². The van der Waals surface area contributed by atoms with Gasteiger partial charge in [-0.05, 0) is 36.8 Å². The summed E-state index contributed by atoms with van der Waals surface area (Å²) in [6.45, 7) is 1.88. The lowest BCUT2D eigenvalue weighted by molar-refractivity contribution is 0.102. The first kappa shape index (κ1) is 13.2. The molecule has 2 aromatic carbocycles. The van der Waals surface area contributed by atoms with Gasteiger partial charge >= 0.3 is 0 Å². The van der Waals surface area contributed by atoms with E-state index in [-0.39, 0.29) is 11.5 Å². The maximum Gasteiger partial charge on any atom is 0.221 e. The maximum absolute atomic E-state index is 12.3. The van der Waals surface area contributed by atoms with Crippen LogP contribution in [0.15, 0.2) is 59.0 Å². The molecule has 0 unspecified atom stereocenters. The third-order valence-corrected chi connectivity index (χ3v) is 3.36. The van der Waals surface area contributed by atoms with E-state index in [1.165, 1.54) is 6.08 Å². The molecule has 3 nitrogen and oxygen atoms in total. The number of phenols is 1. The van der Waals surface area contributed by atoms with E-state index in [2.05, 4.69) is 0 Å². The van der Waals surface area contributed by atoms with E-state index in [1.807, 2.05) is 37.3 Å². The number of rotatable bonds is 3. The molecule has 0 aliphatic heterocycles. The van der Waals surface area contributed by atoms with Crippen molar-refractivity contribution in [2.75, 3.05) is 0 Å². The average molecular weight is 278 g/mol. The van der Waals surface area contributed by atoms with Gasteiger partial charge in [0, 0.05) is 10.9 Å². The molecule has 1 N–H and O–H groups in total. The van der Waals surface area contributed by atoms with Crippen LogP contribution in [0, 0.1) is 6.92 Å². The smallest absolute Gasteiger partial charge is 0.221 e. The van der Waals surface area contributed by atoms with Crippen molar-refractivity contribution in [1.29, 1.82) is 0 Å². The van der Waals surface area contributed by atoms with Crippen molar-refractivity contribution in [3.63, 3.8) is 0 Å². The molecule has 1 heterocycles. The van der Waals surface area contributed by atoms with E-state index < -0.39 is 0 Å². The van der Waals surface area contributed by atoms with Crippen molar-refractivity contribution >= 4 is 22.8 Å². The Bertz CT molecular complexity index is 841. The molecular weight excluding hydrogens is 264 g/mol. The second kappa shape index (κ2) is 5.29. The fraction of sp³-hybridized carbons (Fsp3) is 0.0556. The first-order valence-electron chi connectivity index (χ1n) is 6.65. The van der Waals surface area contributed by atoms with Gasteiger partial charge in [-0.2, -0.15) is 0 Å². The summed E-state index contributed by atoms with van der Waals surface area (Å²) in [4.78, 5) is 12.3. The minimum Gasteiger partial charge on any atom is -0.508 e.